The molecule has 4 aromatic rings. The van der Waals surface area contributed by atoms with Crippen LogP contribution in [0.3, 0.4) is 0 Å². The Hall–Kier alpha value is -3.49. The first-order valence-electron chi connectivity index (χ1n) is 10.6. The molecule has 0 radical (unpaired) electrons. The molecule has 10 heteroatoms. The Kier molecular flexibility index (Phi) is 7.56. The van der Waals surface area contributed by atoms with Crippen molar-refractivity contribution < 1.29 is 31.9 Å². The third-order valence-corrected chi connectivity index (χ3v) is 5.60. The first-order chi connectivity index (χ1) is 17.1. The molecule has 0 aliphatic rings. The summed E-state index contributed by atoms with van der Waals surface area (Å²) in [6, 6.07) is 15.8. The van der Waals surface area contributed by atoms with Gasteiger partial charge in [-0.25, -0.2) is 0 Å². The molecule has 0 spiro atoms. The maximum atomic E-state index is 13.8. The number of halogens is 5. The molecule has 0 amide bonds. The Morgan fingerprint density at radius 1 is 0.889 bits per heavy atom. The van der Waals surface area contributed by atoms with Crippen LogP contribution in [0.15, 0.2) is 75.9 Å². The van der Waals surface area contributed by atoms with Gasteiger partial charge < -0.3 is 13.9 Å². The number of hydrogen-bond acceptors (Lipinski definition) is 5. The average molecular weight is 537 g/mol. The number of esters is 1. The maximum absolute atomic E-state index is 13.8. The molecule has 0 bridgehead atoms. The second-order valence-electron chi connectivity index (χ2n) is 7.68. The first-order valence-corrected chi connectivity index (χ1v) is 11.4. The number of hydrogen-bond donors (Lipinski definition) is 0. The third-order valence-electron chi connectivity index (χ3n) is 5.09. The molecular formula is C26H17Cl2F3O5. The van der Waals surface area contributed by atoms with E-state index in [0.717, 1.165) is 6.07 Å². The van der Waals surface area contributed by atoms with Crippen LogP contribution < -0.4 is 14.9 Å². The van der Waals surface area contributed by atoms with E-state index >= 15 is 0 Å². The van der Waals surface area contributed by atoms with E-state index < -0.39 is 28.9 Å². The number of benzene rings is 3. The molecule has 0 unspecified atom stereocenters. The Morgan fingerprint density at radius 2 is 1.50 bits per heavy atom. The van der Waals surface area contributed by atoms with Gasteiger partial charge in [0.1, 0.15) is 17.1 Å². The van der Waals surface area contributed by atoms with Crippen molar-refractivity contribution in [3.05, 3.63) is 92.8 Å². The number of fused-ring (bicyclic) bond motifs is 1. The monoisotopic (exact) mass is 536 g/mol. The zero-order valence-electron chi connectivity index (χ0n) is 18.4. The van der Waals surface area contributed by atoms with Crippen LogP contribution in [0.25, 0.3) is 22.1 Å². The van der Waals surface area contributed by atoms with Gasteiger partial charge in [0.25, 0.3) is 0 Å². The Labute approximate surface area is 213 Å². The number of carbonyl (C=O) groups is 1. The lowest BCUT2D eigenvalue weighted by atomic mass is 10.0. The van der Waals surface area contributed by atoms with Crippen molar-refractivity contribution in [3.63, 3.8) is 0 Å². The standard InChI is InChI=1S/C26H17Cl2F3O5/c27-16-5-3-15(4-6-16)23-24(33)20-12-11-19(14-21(20)36-25(23)26(29,30)31)35-22(32)2-1-13-34-18-9-7-17(28)8-10-18/h3-12,14H,1-2,13H2. The maximum Gasteiger partial charge on any atom is 0.450 e. The van der Waals surface area contributed by atoms with Crippen molar-refractivity contribution in [1.29, 1.82) is 0 Å². The fourth-order valence-corrected chi connectivity index (χ4v) is 3.69. The van der Waals surface area contributed by atoms with Crippen molar-refractivity contribution in [1.82, 2.24) is 0 Å². The predicted octanol–water partition coefficient (Wildman–Crippen LogP) is 7.55. The summed E-state index contributed by atoms with van der Waals surface area (Å²) in [6.45, 7) is 0.242. The molecule has 186 valence electrons. The predicted molar refractivity (Wildman–Crippen MR) is 130 cm³/mol. The Morgan fingerprint density at radius 3 is 2.14 bits per heavy atom. The highest BCUT2D eigenvalue weighted by Gasteiger charge is 2.39. The van der Waals surface area contributed by atoms with Crippen LogP contribution in [0.4, 0.5) is 13.2 Å². The molecule has 3 aromatic carbocycles. The van der Waals surface area contributed by atoms with Gasteiger partial charge in [-0.3, -0.25) is 9.59 Å². The molecule has 0 aliphatic carbocycles. The van der Waals surface area contributed by atoms with Crippen LogP contribution in [0.5, 0.6) is 11.5 Å². The van der Waals surface area contributed by atoms with Crippen LogP contribution in [-0.2, 0) is 11.0 Å². The zero-order valence-corrected chi connectivity index (χ0v) is 19.9. The van der Waals surface area contributed by atoms with E-state index in [9.17, 15) is 22.8 Å². The van der Waals surface area contributed by atoms with E-state index in [0.29, 0.717) is 22.2 Å². The van der Waals surface area contributed by atoms with E-state index in [4.69, 9.17) is 37.1 Å². The van der Waals surface area contributed by atoms with Crippen LogP contribution in [0, 0.1) is 0 Å². The summed E-state index contributed by atoms with van der Waals surface area (Å²) in [5, 5.41) is 0.783. The minimum atomic E-state index is -4.95. The second-order valence-corrected chi connectivity index (χ2v) is 8.55. The lowest BCUT2D eigenvalue weighted by Gasteiger charge is -2.13. The van der Waals surface area contributed by atoms with Gasteiger partial charge in [0.2, 0.25) is 11.2 Å². The smallest absolute Gasteiger partial charge is 0.450 e. The fraction of sp³-hybridized carbons (Fsp3) is 0.154. The molecule has 0 saturated heterocycles. The van der Waals surface area contributed by atoms with Crippen LogP contribution in [-0.4, -0.2) is 12.6 Å². The van der Waals surface area contributed by atoms with Gasteiger partial charge in [-0.1, -0.05) is 35.3 Å². The van der Waals surface area contributed by atoms with Gasteiger partial charge in [0.15, 0.2) is 0 Å². The quantitative estimate of drug-likeness (QED) is 0.138. The molecule has 36 heavy (non-hydrogen) atoms. The van der Waals surface area contributed by atoms with Crippen LogP contribution in [0.2, 0.25) is 10.0 Å². The van der Waals surface area contributed by atoms with Gasteiger partial charge >= 0.3 is 12.1 Å². The van der Waals surface area contributed by atoms with Crippen LogP contribution >= 0.6 is 23.2 Å². The molecule has 1 aromatic heterocycles. The van der Waals surface area contributed by atoms with Crippen molar-refractivity contribution in [2.75, 3.05) is 6.61 Å². The fourth-order valence-electron chi connectivity index (χ4n) is 3.44. The summed E-state index contributed by atoms with van der Waals surface area (Å²) in [7, 11) is 0. The topological polar surface area (TPSA) is 65.7 Å². The van der Waals surface area contributed by atoms with Crippen LogP contribution in [0.1, 0.15) is 18.6 Å². The van der Waals surface area contributed by atoms with Crippen molar-refractivity contribution in [2.24, 2.45) is 0 Å². The number of rotatable bonds is 7. The van der Waals surface area contributed by atoms with Gasteiger partial charge in [-0.2, -0.15) is 13.2 Å². The van der Waals surface area contributed by atoms with Gasteiger partial charge in [-0.15, -0.1) is 0 Å². The minimum Gasteiger partial charge on any atom is -0.494 e. The molecule has 0 fully saturated rings. The first kappa shape index (κ1) is 25.6. The highest BCUT2D eigenvalue weighted by atomic mass is 35.5. The number of ether oxygens (including phenoxy) is 2. The Bertz CT molecular complexity index is 1450. The highest BCUT2D eigenvalue weighted by Crippen LogP contribution is 2.38. The second kappa shape index (κ2) is 10.6. The zero-order chi connectivity index (χ0) is 25.9. The number of alkyl halides is 3. The van der Waals surface area contributed by atoms with Gasteiger partial charge in [0, 0.05) is 22.5 Å². The third kappa shape index (κ3) is 6.01. The molecule has 0 atom stereocenters. The lowest BCUT2D eigenvalue weighted by Crippen LogP contribution is -2.16. The van der Waals surface area contributed by atoms with E-state index in [1.54, 1.807) is 24.3 Å². The minimum absolute atomic E-state index is 0.00111. The van der Waals surface area contributed by atoms with Crippen molar-refractivity contribution >= 4 is 40.1 Å². The van der Waals surface area contributed by atoms with Gasteiger partial charge in [-0.05, 0) is 60.5 Å². The van der Waals surface area contributed by atoms with E-state index in [1.165, 1.54) is 36.4 Å². The number of carbonyl (C=O) groups excluding carboxylic acids is 1. The summed E-state index contributed by atoms with van der Waals surface area (Å²) >= 11 is 11.6. The molecule has 1 heterocycles. The molecule has 0 saturated carbocycles. The summed E-state index contributed by atoms with van der Waals surface area (Å²) in [6.07, 6.45) is -4.61. The molecule has 0 N–H and O–H groups in total. The Balaban J connectivity index is 1.51. The largest absolute Gasteiger partial charge is 0.494 e. The highest BCUT2D eigenvalue weighted by molar-refractivity contribution is 6.30. The van der Waals surface area contributed by atoms with Gasteiger partial charge in [0.05, 0.1) is 17.6 Å². The summed E-state index contributed by atoms with van der Waals surface area (Å²) < 4.78 is 57.2. The molecular weight excluding hydrogens is 520 g/mol. The van der Waals surface area contributed by atoms with Crippen molar-refractivity contribution in [3.8, 4) is 22.6 Å². The van der Waals surface area contributed by atoms with Crippen molar-refractivity contribution in [2.45, 2.75) is 19.0 Å². The van der Waals surface area contributed by atoms with E-state index in [-0.39, 0.29) is 35.3 Å². The average Bonchev–Trinajstić information content (AvgIpc) is 2.83. The molecule has 5 nitrogen and oxygen atoms in total. The summed E-state index contributed by atoms with van der Waals surface area (Å²) in [5.41, 5.74) is -1.85. The lowest BCUT2D eigenvalue weighted by molar-refractivity contribution is -0.152. The van der Waals surface area contributed by atoms with E-state index in [1.807, 2.05) is 0 Å². The summed E-state index contributed by atoms with van der Waals surface area (Å²) in [5.74, 6) is -1.53. The van der Waals surface area contributed by atoms with E-state index in [2.05, 4.69) is 0 Å². The normalized spacial score (nSPS) is 11.5. The molecule has 4 rings (SSSR count). The summed E-state index contributed by atoms with van der Waals surface area (Å²) in [4.78, 5) is 25.2. The SMILES string of the molecule is O=C(CCCOc1ccc(Cl)cc1)Oc1ccc2c(=O)c(-c3ccc(Cl)cc3)c(C(F)(F)F)oc2c1. The molecule has 0 aliphatic heterocycles.